The number of rotatable bonds is 8. The second-order valence-corrected chi connectivity index (χ2v) is 9.18. The van der Waals surface area contributed by atoms with E-state index < -0.39 is 12.0 Å². The Bertz CT molecular complexity index is 877. The average Bonchev–Trinajstić information content (AvgIpc) is 3.20. The van der Waals surface area contributed by atoms with Crippen LogP contribution in [-0.2, 0) is 25.5 Å². The van der Waals surface area contributed by atoms with Gasteiger partial charge in [0.2, 0.25) is 5.91 Å². The molecule has 2 aliphatic rings. The van der Waals surface area contributed by atoms with Crippen molar-refractivity contribution in [3.63, 3.8) is 0 Å². The van der Waals surface area contributed by atoms with E-state index >= 15 is 0 Å². The van der Waals surface area contributed by atoms with E-state index in [-0.39, 0.29) is 48.4 Å². The SMILES string of the molecule is CC(C)COC(=O)C1=C(CN=[N+]=[N-])CS[C@@H]2[C@H](NC(=O)Cc3cccs3)C(=O)N12. The van der Waals surface area contributed by atoms with Gasteiger partial charge in [0.1, 0.15) is 17.1 Å². The molecule has 29 heavy (non-hydrogen) atoms. The summed E-state index contributed by atoms with van der Waals surface area (Å²) in [6.45, 7) is 4.03. The molecular formula is C18H21N5O4S2. The van der Waals surface area contributed by atoms with Crippen LogP contribution < -0.4 is 5.32 Å². The molecule has 0 spiro atoms. The number of fused-ring (bicyclic) bond motifs is 1. The fraction of sp³-hybridized carbons (Fsp3) is 0.500. The van der Waals surface area contributed by atoms with Crippen molar-refractivity contribution < 1.29 is 19.1 Å². The largest absolute Gasteiger partial charge is 0.461 e. The van der Waals surface area contributed by atoms with E-state index in [2.05, 4.69) is 15.3 Å². The molecule has 0 radical (unpaired) electrons. The summed E-state index contributed by atoms with van der Waals surface area (Å²) in [7, 11) is 0. The second kappa shape index (κ2) is 9.34. The lowest BCUT2D eigenvalue weighted by atomic mass is 10.0. The zero-order valence-electron chi connectivity index (χ0n) is 16.0. The van der Waals surface area contributed by atoms with Crippen LogP contribution >= 0.6 is 23.1 Å². The zero-order chi connectivity index (χ0) is 21.0. The van der Waals surface area contributed by atoms with E-state index in [9.17, 15) is 14.4 Å². The fourth-order valence-electron chi connectivity index (χ4n) is 3.02. The Labute approximate surface area is 176 Å². The average molecular weight is 436 g/mol. The first-order valence-electron chi connectivity index (χ1n) is 9.08. The van der Waals surface area contributed by atoms with Gasteiger partial charge < -0.3 is 10.1 Å². The maximum Gasteiger partial charge on any atom is 0.355 e. The second-order valence-electron chi connectivity index (χ2n) is 7.04. The molecule has 11 heteroatoms. The van der Waals surface area contributed by atoms with Gasteiger partial charge in [-0.25, -0.2) is 4.79 Å². The molecule has 3 rings (SSSR count). The summed E-state index contributed by atoms with van der Waals surface area (Å²) in [5.41, 5.74) is 9.30. The lowest BCUT2D eigenvalue weighted by Gasteiger charge is -2.49. The van der Waals surface area contributed by atoms with Crippen molar-refractivity contribution in [1.82, 2.24) is 10.2 Å². The van der Waals surface area contributed by atoms with Gasteiger partial charge >= 0.3 is 5.97 Å². The molecular weight excluding hydrogens is 414 g/mol. The van der Waals surface area contributed by atoms with Gasteiger partial charge in [0.15, 0.2) is 0 Å². The van der Waals surface area contributed by atoms with Crippen LogP contribution in [0.15, 0.2) is 33.9 Å². The molecule has 0 aromatic carbocycles. The van der Waals surface area contributed by atoms with Crippen molar-refractivity contribution in [2.75, 3.05) is 18.9 Å². The van der Waals surface area contributed by atoms with Crippen LogP contribution in [0.1, 0.15) is 18.7 Å². The zero-order valence-corrected chi connectivity index (χ0v) is 17.7. The Hall–Kier alpha value is -2.49. The van der Waals surface area contributed by atoms with Crippen LogP contribution in [0.2, 0.25) is 0 Å². The predicted molar refractivity (Wildman–Crippen MR) is 110 cm³/mol. The maximum absolute atomic E-state index is 12.8. The highest BCUT2D eigenvalue weighted by atomic mass is 32.2. The van der Waals surface area contributed by atoms with Crippen LogP contribution in [0.4, 0.5) is 0 Å². The Kier molecular flexibility index (Phi) is 6.83. The molecule has 1 N–H and O–H groups in total. The lowest BCUT2D eigenvalue weighted by Crippen LogP contribution is -2.70. The fourth-order valence-corrected chi connectivity index (χ4v) is 5.06. The van der Waals surface area contributed by atoms with Crippen molar-refractivity contribution in [3.05, 3.63) is 44.1 Å². The maximum atomic E-state index is 12.8. The van der Waals surface area contributed by atoms with Crippen LogP contribution in [0.5, 0.6) is 0 Å². The van der Waals surface area contributed by atoms with Gasteiger partial charge in [-0.1, -0.05) is 25.0 Å². The monoisotopic (exact) mass is 435 g/mol. The first kappa shape index (κ1) is 21.2. The molecule has 2 aliphatic heterocycles. The molecule has 3 heterocycles. The van der Waals surface area contributed by atoms with Gasteiger partial charge in [-0.05, 0) is 28.5 Å². The van der Waals surface area contributed by atoms with E-state index in [0.717, 1.165) is 4.88 Å². The minimum atomic E-state index is -0.693. The standard InChI is InChI=1S/C18H21N5O4S2/c1-10(2)8-27-18(26)15-11(7-20-22-19)9-29-17-14(16(25)23(15)17)21-13(24)6-12-4-3-5-28-12/h3-5,10,14,17H,6-9H2,1-2H3,(H,21,24)/t14-,17-/m1/s1. The number of nitrogens with zero attached hydrogens (tertiary/aromatic N) is 4. The van der Waals surface area contributed by atoms with E-state index in [4.69, 9.17) is 10.3 Å². The van der Waals surface area contributed by atoms with Crippen molar-refractivity contribution in [1.29, 1.82) is 0 Å². The van der Waals surface area contributed by atoms with Crippen molar-refractivity contribution in [2.24, 2.45) is 11.0 Å². The van der Waals surface area contributed by atoms with E-state index in [1.807, 2.05) is 31.4 Å². The number of hydrogen-bond donors (Lipinski definition) is 1. The van der Waals surface area contributed by atoms with Gasteiger partial charge in [-0.15, -0.1) is 23.1 Å². The molecule has 9 nitrogen and oxygen atoms in total. The van der Waals surface area contributed by atoms with Crippen LogP contribution in [0.25, 0.3) is 10.4 Å². The molecule has 1 saturated heterocycles. The number of ether oxygens (including phenoxy) is 1. The molecule has 1 aromatic heterocycles. The highest BCUT2D eigenvalue weighted by Crippen LogP contribution is 2.40. The van der Waals surface area contributed by atoms with Crippen LogP contribution in [0.3, 0.4) is 0 Å². The summed E-state index contributed by atoms with van der Waals surface area (Å²) < 4.78 is 5.32. The number of nitrogens with one attached hydrogen (secondary N) is 1. The summed E-state index contributed by atoms with van der Waals surface area (Å²) in [6.07, 6.45) is 0.208. The van der Waals surface area contributed by atoms with Gasteiger partial charge in [-0.3, -0.25) is 14.5 Å². The van der Waals surface area contributed by atoms with Gasteiger partial charge in [0.25, 0.3) is 5.91 Å². The minimum Gasteiger partial charge on any atom is -0.461 e. The van der Waals surface area contributed by atoms with Crippen molar-refractivity contribution >= 4 is 40.9 Å². The van der Waals surface area contributed by atoms with E-state index in [1.54, 1.807) is 0 Å². The molecule has 154 valence electrons. The molecule has 0 saturated carbocycles. The van der Waals surface area contributed by atoms with Gasteiger partial charge in [-0.2, -0.15) is 0 Å². The molecule has 0 bridgehead atoms. The highest BCUT2D eigenvalue weighted by Gasteiger charge is 2.54. The third-order valence-electron chi connectivity index (χ3n) is 4.34. The normalized spacial score (nSPS) is 20.7. The first-order valence-corrected chi connectivity index (χ1v) is 11.0. The summed E-state index contributed by atoms with van der Waals surface area (Å²) in [5, 5.41) is 7.81. The first-order chi connectivity index (χ1) is 13.9. The lowest BCUT2D eigenvalue weighted by molar-refractivity contribution is -0.153. The number of amides is 2. The Morgan fingerprint density at radius 3 is 2.93 bits per heavy atom. The Morgan fingerprint density at radius 2 is 2.28 bits per heavy atom. The number of carbonyl (C=O) groups is 3. The Balaban J connectivity index is 1.73. The summed E-state index contributed by atoms with van der Waals surface area (Å²) >= 11 is 2.90. The van der Waals surface area contributed by atoms with Crippen LogP contribution in [0, 0.1) is 5.92 Å². The quantitative estimate of drug-likeness (QED) is 0.221. The molecule has 1 aromatic rings. The summed E-state index contributed by atoms with van der Waals surface area (Å²) in [5.74, 6) is -0.652. The minimum absolute atomic E-state index is 0.0124. The number of hydrogen-bond acceptors (Lipinski definition) is 7. The van der Waals surface area contributed by atoms with E-state index in [0.29, 0.717) is 11.3 Å². The molecule has 0 unspecified atom stereocenters. The number of azide groups is 1. The van der Waals surface area contributed by atoms with Crippen LogP contribution in [-0.4, -0.2) is 53.0 Å². The number of thioether (sulfide) groups is 1. The highest BCUT2D eigenvalue weighted by molar-refractivity contribution is 8.00. The number of β-lactam (4-membered cyclic amide) rings is 1. The number of thiophene rings is 1. The van der Waals surface area contributed by atoms with Crippen molar-refractivity contribution in [3.8, 4) is 0 Å². The third kappa shape index (κ3) is 4.75. The van der Waals surface area contributed by atoms with E-state index in [1.165, 1.54) is 28.0 Å². The molecule has 2 atom stereocenters. The molecule has 2 amide bonds. The number of esters is 1. The topological polar surface area (TPSA) is 124 Å². The molecule has 0 aliphatic carbocycles. The summed E-state index contributed by atoms with van der Waals surface area (Å²) in [4.78, 5) is 42.7. The van der Waals surface area contributed by atoms with Gasteiger partial charge in [0, 0.05) is 15.5 Å². The smallest absolute Gasteiger partial charge is 0.355 e. The number of carbonyl (C=O) groups excluding carboxylic acids is 3. The predicted octanol–water partition coefficient (Wildman–Crippen LogP) is 2.45. The Morgan fingerprint density at radius 1 is 1.48 bits per heavy atom. The van der Waals surface area contributed by atoms with Crippen molar-refractivity contribution in [2.45, 2.75) is 31.7 Å². The third-order valence-corrected chi connectivity index (χ3v) is 6.56. The van der Waals surface area contributed by atoms with Gasteiger partial charge in [0.05, 0.1) is 19.6 Å². The molecule has 1 fully saturated rings. The summed E-state index contributed by atoms with van der Waals surface area (Å²) in [6, 6.07) is 3.04.